The van der Waals surface area contributed by atoms with Crippen LogP contribution in [0.5, 0.6) is 0 Å². The summed E-state index contributed by atoms with van der Waals surface area (Å²) in [6.07, 6.45) is 0. The van der Waals surface area contributed by atoms with Gasteiger partial charge in [0.25, 0.3) is 5.91 Å². The second-order valence-electron chi connectivity index (χ2n) is 4.91. The Balaban J connectivity index is 2.19. The standard InChI is InChI=1S/C16H19NO2/c1-12(2)17(11-15-10-9-13(3)19-15)16(18)14-7-5-4-6-8-14/h4-10,12H,11H2,1-3H3. The van der Waals surface area contributed by atoms with E-state index in [-0.39, 0.29) is 11.9 Å². The van der Waals surface area contributed by atoms with E-state index in [1.165, 1.54) is 0 Å². The van der Waals surface area contributed by atoms with Crippen molar-refractivity contribution in [1.29, 1.82) is 0 Å². The first-order chi connectivity index (χ1) is 9.08. The fraction of sp³-hybridized carbons (Fsp3) is 0.312. The fourth-order valence-electron chi connectivity index (χ4n) is 1.97. The maximum absolute atomic E-state index is 12.5. The SMILES string of the molecule is Cc1ccc(CN(C(=O)c2ccccc2)C(C)C)o1. The van der Waals surface area contributed by atoms with Crippen molar-refractivity contribution in [2.75, 3.05) is 0 Å². The summed E-state index contributed by atoms with van der Waals surface area (Å²) in [5.41, 5.74) is 0.708. The number of carbonyl (C=O) groups is 1. The number of hydrogen-bond acceptors (Lipinski definition) is 2. The molecule has 1 aromatic carbocycles. The molecule has 100 valence electrons. The fourth-order valence-corrected chi connectivity index (χ4v) is 1.97. The van der Waals surface area contributed by atoms with Crippen molar-refractivity contribution in [3.05, 3.63) is 59.5 Å². The molecule has 2 aromatic rings. The minimum absolute atomic E-state index is 0.0321. The number of nitrogens with zero attached hydrogens (tertiary/aromatic N) is 1. The van der Waals surface area contributed by atoms with Crippen LogP contribution in [0.2, 0.25) is 0 Å². The van der Waals surface area contributed by atoms with Gasteiger partial charge in [0.05, 0.1) is 6.54 Å². The van der Waals surface area contributed by atoms with E-state index in [1.807, 2.05) is 68.1 Å². The lowest BCUT2D eigenvalue weighted by Gasteiger charge is -2.26. The number of aryl methyl sites for hydroxylation is 1. The Labute approximate surface area is 113 Å². The molecule has 1 amide bonds. The maximum Gasteiger partial charge on any atom is 0.254 e. The zero-order valence-electron chi connectivity index (χ0n) is 11.6. The van der Waals surface area contributed by atoms with Crippen LogP contribution in [0.4, 0.5) is 0 Å². The molecule has 0 aliphatic heterocycles. The molecule has 2 rings (SSSR count). The molecule has 0 saturated carbocycles. The number of hydrogen-bond donors (Lipinski definition) is 0. The van der Waals surface area contributed by atoms with Crippen LogP contribution in [-0.2, 0) is 6.54 Å². The van der Waals surface area contributed by atoms with Gasteiger partial charge in [-0.25, -0.2) is 0 Å². The number of rotatable bonds is 4. The molecule has 0 fully saturated rings. The molecule has 3 heteroatoms. The molecule has 0 atom stereocenters. The number of benzene rings is 1. The molecule has 1 heterocycles. The highest BCUT2D eigenvalue weighted by atomic mass is 16.3. The summed E-state index contributed by atoms with van der Waals surface area (Å²) in [5.74, 6) is 1.71. The lowest BCUT2D eigenvalue weighted by atomic mass is 10.1. The van der Waals surface area contributed by atoms with E-state index in [1.54, 1.807) is 0 Å². The topological polar surface area (TPSA) is 33.5 Å². The van der Waals surface area contributed by atoms with Crippen LogP contribution in [0, 0.1) is 6.92 Å². The molecule has 1 aromatic heterocycles. The second kappa shape index (κ2) is 5.74. The third-order valence-corrected chi connectivity index (χ3v) is 3.03. The first-order valence-electron chi connectivity index (χ1n) is 6.49. The second-order valence-corrected chi connectivity index (χ2v) is 4.91. The molecule has 3 nitrogen and oxygen atoms in total. The summed E-state index contributed by atoms with van der Waals surface area (Å²) >= 11 is 0. The highest BCUT2D eigenvalue weighted by molar-refractivity contribution is 5.94. The van der Waals surface area contributed by atoms with E-state index in [4.69, 9.17) is 4.42 Å². The van der Waals surface area contributed by atoms with Crippen molar-refractivity contribution in [2.45, 2.75) is 33.4 Å². The van der Waals surface area contributed by atoms with Crippen LogP contribution < -0.4 is 0 Å². The van der Waals surface area contributed by atoms with E-state index < -0.39 is 0 Å². The lowest BCUT2D eigenvalue weighted by Crippen LogP contribution is -2.36. The molecular formula is C16H19NO2. The van der Waals surface area contributed by atoms with Crippen LogP contribution in [0.1, 0.15) is 35.7 Å². The van der Waals surface area contributed by atoms with Gasteiger partial charge >= 0.3 is 0 Å². The van der Waals surface area contributed by atoms with Gasteiger partial charge in [0.2, 0.25) is 0 Å². The summed E-state index contributed by atoms with van der Waals surface area (Å²) in [4.78, 5) is 14.3. The van der Waals surface area contributed by atoms with Crippen LogP contribution >= 0.6 is 0 Å². The summed E-state index contributed by atoms with van der Waals surface area (Å²) in [6, 6.07) is 13.3. The zero-order valence-corrected chi connectivity index (χ0v) is 11.6. The normalized spacial score (nSPS) is 10.7. The van der Waals surface area contributed by atoms with Crippen molar-refractivity contribution >= 4 is 5.91 Å². The Morgan fingerprint density at radius 3 is 2.37 bits per heavy atom. The van der Waals surface area contributed by atoms with Gasteiger partial charge in [-0.15, -0.1) is 0 Å². The summed E-state index contributed by atoms with van der Waals surface area (Å²) in [6.45, 7) is 6.43. The number of amides is 1. The molecule has 0 radical (unpaired) electrons. The first kappa shape index (κ1) is 13.4. The highest BCUT2D eigenvalue weighted by Crippen LogP contribution is 2.15. The monoisotopic (exact) mass is 257 g/mol. The van der Waals surface area contributed by atoms with Crippen LogP contribution in [0.15, 0.2) is 46.9 Å². The number of carbonyl (C=O) groups excluding carboxylic acids is 1. The van der Waals surface area contributed by atoms with Crippen LogP contribution in [0.3, 0.4) is 0 Å². The van der Waals surface area contributed by atoms with Crippen molar-refractivity contribution in [3.63, 3.8) is 0 Å². The lowest BCUT2D eigenvalue weighted by molar-refractivity contribution is 0.0675. The molecule has 0 spiro atoms. The van der Waals surface area contributed by atoms with Gasteiger partial charge in [-0.3, -0.25) is 4.79 Å². The average Bonchev–Trinajstić information content (AvgIpc) is 2.81. The predicted molar refractivity (Wildman–Crippen MR) is 74.9 cm³/mol. The Morgan fingerprint density at radius 2 is 1.84 bits per heavy atom. The van der Waals surface area contributed by atoms with Crippen LogP contribution in [-0.4, -0.2) is 16.8 Å². The smallest absolute Gasteiger partial charge is 0.254 e. The van der Waals surface area contributed by atoms with Gasteiger partial charge in [-0.1, -0.05) is 18.2 Å². The van der Waals surface area contributed by atoms with Gasteiger partial charge < -0.3 is 9.32 Å². The molecule has 0 bridgehead atoms. The third-order valence-electron chi connectivity index (χ3n) is 3.03. The Bertz CT molecular complexity index is 543. The Kier molecular flexibility index (Phi) is 4.05. The van der Waals surface area contributed by atoms with E-state index in [9.17, 15) is 4.79 Å². The minimum atomic E-state index is 0.0321. The van der Waals surface area contributed by atoms with Crippen molar-refractivity contribution < 1.29 is 9.21 Å². The Morgan fingerprint density at radius 1 is 1.16 bits per heavy atom. The Hall–Kier alpha value is -2.03. The molecule has 0 N–H and O–H groups in total. The van der Waals surface area contributed by atoms with Gasteiger partial charge in [-0.2, -0.15) is 0 Å². The predicted octanol–water partition coefficient (Wildman–Crippen LogP) is 3.64. The molecule has 0 unspecified atom stereocenters. The highest BCUT2D eigenvalue weighted by Gasteiger charge is 2.19. The van der Waals surface area contributed by atoms with E-state index in [2.05, 4.69) is 0 Å². The van der Waals surface area contributed by atoms with Gasteiger partial charge in [0.15, 0.2) is 0 Å². The van der Waals surface area contributed by atoms with Crippen molar-refractivity contribution in [1.82, 2.24) is 4.90 Å². The quantitative estimate of drug-likeness (QED) is 0.837. The number of furan rings is 1. The van der Waals surface area contributed by atoms with E-state index >= 15 is 0 Å². The van der Waals surface area contributed by atoms with Crippen molar-refractivity contribution in [3.8, 4) is 0 Å². The molecule has 0 aliphatic carbocycles. The zero-order chi connectivity index (χ0) is 13.8. The molecule has 0 saturated heterocycles. The molecular weight excluding hydrogens is 238 g/mol. The van der Waals surface area contributed by atoms with Gasteiger partial charge in [0.1, 0.15) is 11.5 Å². The first-order valence-corrected chi connectivity index (χ1v) is 6.49. The largest absolute Gasteiger partial charge is 0.464 e. The van der Waals surface area contributed by atoms with Gasteiger partial charge in [0, 0.05) is 11.6 Å². The van der Waals surface area contributed by atoms with Crippen molar-refractivity contribution in [2.24, 2.45) is 0 Å². The summed E-state index contributed by atoms with van der Waals surface area (Å²) in [7, 11) is 0. The van der Waals surface area contributed by atoms with Gasteiger partial charge in [-0.05, 0) is 45.0 Å². The average molecular weight is 257 g/mol. The van der Waals surface area contributed by atoms with E-state index in [0.717, 1.165) is 11.5 Å². The van der Waals surface area contributed by atoms with Crippen LogP contribution in [0.25, 0.3) is 0 Å². The van der Waals surface area contributed by atoms with E-state index in [0.29, 0.717) is 12.1 Å². The molecule has 0 aliphatic rings. The molecule has 19 heavy (non-hydrogen) atoms. The maximum atomic E-state index is 12.5. The third kappa shape index (κ3) is 3.25. The summed E-state index contributed by atoms with van der Waals surface area (Å²) < 4.78 is 5.56. The summed E-state index contributed by atoms with van der Waals surface area (Å²) in [5, 5.41) is 0. The minimum Gasteiger partial charge on any atom is -0.464 e.